The molecule has 3 rings (SSSR count). The summed E-state index contributed by atoms with van der Waals surface area (Å²) in [7, 11) is 0. The molecule has 1 fully saturated rings. The predicted molar refractivity (Wildman–Crippen MR) is 85.1 cm³/mol. The highest BCUT2D eigenvalue weighted by Gasteiger charge is 2.31. The number of carboxylic acid groups (broad SMARTS) is 1. The minimum Gasteiger partial charge on any atom is -0.481 e. The molecule has 1 aromatic heterocycles. The third-order valence-corrected chi connectivity index (χ3v) is 5.94. The summed E-state index contributed by atoms with van der Waals surface area (Å²) in [6.45, 7) is 2.83. The summed E-state index contributed by atoms with van der Waals surface area (Å²) in [4.78, 5) is 26.8. The van der Waals surface area contributed by atoms with E-state index in [9.17, 15) is 9.59 Å². The van der Waals surface area contributed by atoms with Gasteiger partial charge in [-0.2, -0.15) is 0 Å². The number of thiophene rings is 1. The zero-order valence-electron chi connectivity index (χ0n) is 12.7. The van der Waals surface area contributed by atoms with E-state index in [2.05, 4.69) is 23.7 Å². The molecule has 0 radical (unpaired) electrons. The zero-order chi connectivity index (χ0) is 15.7. The number of urea groups is 1. The molecule has 0 bridgehead atoms. The molecule has 0 spiro atoms. The normalized spacial score (nSPS) is 28.0. The highest BCUT2D eigenvalue weighted by molar-refractivity contribution is 7.10. The average Bonchev–Trinajstić information content (AvgIpc) is 2.97. The number of fused-ring (bicyclic) bond motifs is 1. The first kappa shape index (κ1) is 15.3. The van der Waals surface area contributed by atoms with E-state index in [1.54, 1.807) is 11.3 Å². The topological polar surface area (TPSA) is 69.6 Å². The molecule has 22 heavy (non-hydrogen) atoms. The van der Waals surface area contributed by atoms with Gasteiger partial charge in [-0.3, -0.25) is 4.79 Å². The van der Waals surface area contributed by atoms with E-state index >= 15 is 0 Å². The van der Waals surface area contributed by atoms with E-state index in [0.29, 0.717) is 12.8 Å². The van der Waals surface area contributed by atoms with Gasteiger partial charge in [0, 0.05) is 17.5 Å². The van der Waals surface area contributed by atoms with Crippen LogP contribution < -0.4 is 5.32 Å². The quantitative estimate of drug-likeness (QED) is 0.879. The number of carbonyl (C=O) groups excluding carboxylic acids is 1. The first-order valence-corrected chi connectivity index (χ1v) is 8.80. The minimum atomic E-state index is -0.709. The van der Waals surface area contributed by atoms with E-state index in [1.165, 1.54) is 10.4 Å². The first-order valence-electron chi connectivity index (χ1n) is 7.92. The molecule has 2 aliphatic rings. The highest BCUT2D eigenvalue weighted by atomic mass is 32.1. The molecule has 120 valence electrons. The van der Waals surface area contributed by atoms with E-state index < -0.39 is 5.97 Å². The standard InChI is InChI=1S/C16H22N2O3S/c1-10-13-7-9-22-14(13)6-8-18(10)16(21)17-12-4-2-11(3-5-12)15(19)20/h7,9-12H,2-6,8H2,1H3,(H,17,21)(H,19,20). The summed E-state index contributed by atoms with van der Waals surface area (Å²) in [5.74, 6) is -0.949. The Bertz CT molecular complexity index is 563. The van der Waals surface area contributed by atoms with Crippen LogP contribution in [0, 0.1) is 5.92 Å². The van der Waals surface area contributed by atoms with Gasteiger partial charge in [0.25, 0.3) is 0 Å². The zero-order valence-corrected chi connectivity index (χ0v) is 13.6. The highest BCUT2D eigenvalue weighted by Crippen LogP contribution is 2.33. The maximum Gasteiger partial charge on any atom is 0.318 e. The molecule has 6 heteroatoms. The molecule has 5 nitrogen and oxygen atoms in total. The van der Waals surface area contributed by atoms with Gasteiger partial charge >= 0.3 is 12.0 Å². The number of nitrogens with one attached hydrogen (secondary N) is 1. The van der Waals surface area contributed by atoms with Gasteiger partial charge in [-0.05, 0) is 56.0 Å². The summed E-state index contributed by atoms with van der Waals surface area (Å²) in [5.41, 5.74) is 1.26. The summed E-state index contributed by atoms with van der Waals surface area (Å²) in [6, 6.07) is 2.33. The summed E-state index contributed by atoms with van der Waals surface area (Å²) in [5, 5.41) is 14.2. The van der Waals surface area contributed by atoms with E-state index in [1.807, 2.05) is 4.90 Å². The number of carbonyl (C=O) groups is 2. The van der Waals surface area contributed by atoms with Crippen LogP contribution in [-0.2, 0) is 11.2 Å². The summed E-state index contributed by atoms with van der Waals surface area (Å²) >= 11 is 1.77. The molecule has 0 aromatic carbocycles. The number of nitrogens with zero attached hydrogens (tertiary/aromatic N) is 1. The van der Waals surface area contributed by atoms with Crippen molar-refractivity contribution >= 4 is 23.3 Å². The number of rotatable bonds is 2. The van der Waals surface area contributed by atoms with Crippen molar-refractivity contribution < 1.29 is 14.7 Å². The van der Waals surface area contributed by atoms with Gasteiger partial charge in [0.15, 0.2) is 0 Å². The van der Waals surface area contributed by atoms with Gasteiger partial charge in [-0.1, -0.05) is 0 Å². The van der Waals surface area contributed by atoms with E-state index in [0.717, 1.165) is 25.8 Å². The van der Waals surface area contributed by atoms with Crippen LogP contribution in [-0.4, -0.2) is 34.6 Å². The Morgan fingerprint density at radius 3 is 2.73 bits per heavy atom. The Labute approximate surface area is 134 Å². The molecular weight excluding hydrogens is 300 g/mol. The van der Waals surface area contributed by atoms with Gasteiger partial charge in [0.2, 0.25) is 0 Å². The Morgan fingerprint density at radius 2 is 2.05 bits per heavy atom. The summed E-state index contributed by atoms with van der Waals surface area (Å²) in [6.07, 6.45) is 3.76. The smallest absolute Gasteiger partial charge is 0.318 e. The lowest BCUT2D eigenvalue weighted by Gasteiger charge is -2.36. The predicted octanol–water partition coefficient (Wildman–Crippen LogP) is 3.02. The molecule has 1 saturated carbocycles. The van der Waals surface area contributed by atoms with Crippen molar-refractivity contribution in [2.45, 2.75) is 51.1 Å². The molecule has 1 unspecified atom stereocenters. The van der Waals surface area contributed by atoms with Crippen LogP contribution >= 0.6 is 11.3 Å². The number of carboxylic acids is 1. The SMILES string of the molecule is CC1c2ccsc2CCN1C(=O)NC1CCC(C(=O)O)CC1. The van der Waals surface area contributed by atoms with Crippen molar-refractivity contribution in [2.24, 2.45) is 5.92 Å². The van der Waals surface area contributed by atoms with Crippen LogP contribution in [0.4, 0.5) is 4.79 Å². The lowest BCUT2D eigenvalue weighted by atomic mass is 9.86. The minimum absolute atomic E-state index is 0.0110. The monoisotopic (exact) mass is 322 g/mol. The molecule has 1 atom stereocenters. The maximum atomic E-state index is 12.5. The van der Waals surface area contributed by atoms with Crippen LogP contribution in [0.2, 0.25) is 0 Å². The number of hydrogen-bond donors (Lipinski definition) is 2. The Balaban J connectivity index is 1.56. The van der Waals surface area contributed by atoms with Crippen LogP contribution in [0.5, 0.6) is 0 Å². The van der Waals surface area contributed by atoms with Gasteiger partial charge in [-0.15, -0.1) is 11.3 Å². The van der Waals surface area contributed by atoms with Gasteiger partial charge in [-0.25, -0.2) is 4.79 Å². The molecule has 2 heterocycles. The van der Waals surface area contributed by atoms with Crippen LogP contribution in [0.15, 0.2) is 11.4 Å². The Morgan fingerprint density at radius 1 is 1.32 bits per heavy atom. The maximum absolute atomic E-state index is 12.5. The second-order valence-corrected chi connectivity index (χ2v) is 7.26. The second kappa shape index (κ2) is 6.28. The van der Waals surface area contributed by atoms with E-state index in [4.69, 9.17) is 5.11 Å². The number of hydrogen-bond acceptors (Lipinski definition) is 3. The molecule has 2 amide bonds. The second-order valence-electron chi connectivity index (χ2n) is 6.25. The largest absolute Gasteiger partial charge is 0.481 e. The lowest BCUT2D eigenvalue weighted by Crippen LogP contribution is -2.49. The van der Waals surface area contributed by atoms with Gasteiger partial charge in [0.05, 0.1) is 12.0 Å². The fourth-order valence-corrected chi connectivity index (χ4v) is 4.49. The van der Waals surface area contributed by atoms with Crippen molar-refractivity contribution in [1.29, 1.82) is 0 Å². The van der Waals surface area contributed by atoms with E-state index in [-0.39, 0.29) is 24.0 Å². The molecule has 1 aliphatic carbocycles. The molecule has 1 aliphatic heterocycles. The third-order valence-electron chi connectivity index (χ3n) is 4.94. The van der Waals surface area contributed by atoms with Crippen LogP contribution in [0.1, 0.15) is 49.1 Å². The van der Waals surface area contributed by atoms with Crippen LogP contribution in [0.3, 0.4) is 0 Å². The Kier molecular flexibility index (Phi) is 4.38. The Hall–Kier alpha value is -1.56. The molecule has 1 aromatic rings. The fraction of sp³-hybridized carbons (Fsp3) is 0.625. The van der Waals surface area contributed by atoms with Crippen LogP contribution in [0.25, 0.3) is 0 Å². The average molecular weight is 322 g/mol. The third kappa shape index (κ3) is 2.97. The molecule has 2 N–H and O–H groups in total. The molecular formula is C16H22N2O3S. The summed E-state index contributed by atoms with van der Waals surface area (Å²) < 4.78 is 0. The van der Waals surface area contributed by atoms with Crippen molar-refractivity contribution in [3.05, 3.63) is 21.9 Å². The van der Waals surface area contributed by atoms with Crippen molar-refractivity contribution in [2.75, 3.05) is 6.54 Å². The van der Waals surface area contributed by atoms with Crippen molar-refractivity contribution in [3.8, 4) is 0 Å². The fourth-order valence-electron chi connectivity index (χ4n) is 3.53. The van der Waals surface area contributed by atoms with Gasteiger partial charge in [0.1, 0.15) is 0 Å². The first-order chi connectivity index (χ1) is 10.6. The van der Waals surface area contributed by atoms with Gasteiger partial charge < -0.3 is 15.3 Å². The molecule has 0 saturated heterocycles. The van der Waals surface area contributed by atoms with Crippen molar-refractivity contribution in [1.82, 2.24) is 10.2 Å². The van der Waals surface area contributed by atoms with Crippen molar-refractivity contribution in [3.63, 3.8) is 0 Å². The number of amides is 2. The number of aliphatic carboxylic acids is 1. The lowest BCUT2D eigenvalue weighted by molar-refractivity contribution is -0.142.